The number of carbonyl (C=O) groups is 1. The van der Waals surface area contributed by atoms with Crippen molar-refractivity contribution in [2.75, 3.05) is 5.32 Å². The van der Waals surface area contributed by atoms with E-state index in [1.807, 2.05) is 20.8 Å². The Morgan fingerprint density at radius 1 is 1.08 bits per heavy atom. The highest BCUT2D eigenvalue weighted by Gasteiger charge is 2.49. The number of rotatable bonds is 4. The highest BCUT2D eigenvalue weighted by Crippen LogP contribution is 2.47. The minimum absolute atomic E-state index is 0.236. The molecule has 5 nitrogen and oxygen atoms in total. The maximum absolute atomic E-state index is 13.1. The third-order valence-electron chi connectivity index (χ3n) is 5.02. The van der Waals surface area contributed by atoms with E-state index in [2.05, 4.69) is 5.32 Å². The van der Waals surface area contributed by atoms with E-state index in [1.54, 1.807) is 37.3 Å². The zero-order valence-corrected chi connectivity index (χ0v) is 15.5. The van der Waals surface area contributed by atoms with Crippen LogP contribution in [0.25, 0.3) is 0 Å². The second kappa shape index (κ2) is 5.88. The van der Waals surface area contributed by atoms with Gasteiger partial charge in [-0.1, -0.05) is 18.2 Å². The van der Waals surface area contributed by atoms with Gasteiger partial charge in [0.1, 0.15) is 5.75 Å². The Morgan fingerprint density at radius 2 is 1.72 bits per heavy atom. The minimum Gasteiger partial charge on any atom is -0.470 e. The first-order valence-electron chi connectivity index (χ1n) is 8.04. The summed E-state index contributed by atoms with van der Waals surface area (Å²) in [5, 5.41) is 2.73. The molecule has 1 unspecified atom stereocenters. The second-order valence-corrected chi connectivity index (χ2v) is 8.89. The molecule has 6 heteroatoms. The fourth-order valence-electron chi connectivity index (χ4n) is 3.38. The number of anilines is 1. The van der Waals surface area contributed by atoms with Crippen LogP contribution in [0.2, 0.25) is 0 Å². The van der Waals surface area contributed by atoms with Crippen LogP contribution < -0.4 is 10.1 Å². The number of carbonyl (C=O) groups excluding carboxylic acids is 1. The fourth-order valence-corrected chi connectivity index (χ4v) is 4.93. The van der Waals surface area contributed by atoms with Gasteiger partial charge in [0.2, 0.25) is 21.2 Å². The molecule has 132 valence electrons. The van der Waals surface area contributed by atoms with Gasteiger partial charge in [-0.05, 0) is 56.5 Å². The Labute approximate surface area is 147 Å². The van der Waals surface area contributed by atoms with Crippen LogP contribution in [0.3, 0.4) is 0 Å². The average Bonchev–Trinajstić information content (AvgIpc) is 2.97. The van der Waals surface area contributed by atoms with Crippen molar-refractivity contribution in [2.45, 2.75) is 43.9 Å². The molecular formula is C19H21NO4S. The minimum atomic E-state index is -3.69. The van der Waals surface area contributed by atoms with Crippen molar-refractivity contribution in [3.8, 4) is 5.75 Å². The molecule has 25 heavy (non-hydrogen) atoms. The summed E-state index contributed by atoms with van der Waals surface area (Å²) in [6, 6.07) is 8.34. The fraction of sp³-hybridized carbons (Fsp3) is 0.316. The SMILES string of the molecule is Cc1c(C)c2c(c(C)c1NC=O)CC(C)(S(=O)(=O)c1ccccc1)O2. The number of fused-ring (bicyclic) bond motifs is 1. The molecule has 0 aromatic heterocycles. The zero-order valence-electron chi connectivity index (χ0n) is 14.7. The summed E-state index contributed by atoms with van der Waals surface area (Å²) < 4.78 is 32.3. The third kappa shape index (κ3) is 2.52. The summed E-state index contributed by atoms with van der Waals surface area (Å²) >= 11 is 0. The largest absolute Gasteiger partial charge is 0.470 e. The predicted octanol–water partition coefficient (Wildman–Crippen LogP) is 3.31. The van der Waals surface area contributed by atoms with Crippen LogP contribution in [-0.2, 0) is 21.1 Å². The number of hydrogen-bond donors (Lipinski definition) is 1. The molecule has 0 aliphatic carbocycles. The van der Waals surface area contributed by atoms with Crippen LogP contribution in [-0.4, -0.2) is 19.8 Å². The highest BCUT2D eigenvalue weighted by atomic mass is 32.2. The molecule has 1 aliphatic rings. The van der Waals surface area contributed by atoms with Gasteiger partial charge in [-0.15, -0.1) is 0 Å². The van der Waals surface area contributed by atoms with E-state index in [4.69, 9.17) is 4.74 Å². The summed E-state index contributed by atoms with van der Waals surface area (Å²) in [6.45, 7) is 7.25. The third-order valence-corrected chi connectivity index (χ3v) is 7.28. The van der Waals surface area contributed by atoms with E-state index in [9.17, 15) is 13.2 Å². The molecule has 1 N–H and O–H groups in total. The van der Waals surface area contributed by atoms with Crippen LogP contribution in [0.15, 0.2) is 35.2 Å². The highest BCUT2D eigenvalue weighted by molar-refractivity contribution is 7.92. The lowest BCUT2D eigenvalue weighted by atomic mass is 9.95. The van der Waals surface area contributed by atoms with Crippen LogP contribution in [0, 0.1) is 20.8 Å². The van der Waals surface area contributed by atoms with E-state index in [1.165, 1.54) is 0 Å². The molecular weight excluding hydrogens is 338 g/mol. The van der Waals surface area contributed by atoms with Crippen LogP contribution in [0.1, 0.15) is 29.2 Å². The smallest absolute Gasteiger partial charge is 0.219 e. The maximum Gasteiger partial charge on any atom is 0.219 e. The van der Waals surface area contributed by atoms with E-state index in [0.29, 0.717) is 12.2 Å². The number of benzene rings is 2. The quantitative estimate of drug-likeness (QED) is 0.850. The molecule has 1 atom stereocenters. The molecule has 0 fully saturated rings. The Balaban J connectivity index is 2.14. The molecule has 0 radical (unpaired) electrons. The predicted molar refractivity (Wildman–Crippen MR) is 96.7 cm³/mol. The van der Waals surface area contributed by atoms with Crippen molar-refractivity contribution in [1.29, 1.82) is 0 Å². The van der Waals surface area contributed by atoms with Crippen LogP contribution in [0.5, 0.6) is 5.75 Å². The molecule has 0 spiro atoms. The number of sulfone groups is 1. The molecule has 0 bridgehead atoms. The van der Waals surface area contributed by atoms with Crippen molar-refractivity contribution in [3.63, 3.8) is 0 Å². The number of nitrogens with one attached hydrogen (secondary N) is 1. The van der Waals surface area contributed by atoms with Crippen molar-refractivity contribution in [1.82, 2.24) is 0 Å². The number of ether oxygens (including phenoxy) is 1. The Hall–Kier alpha value is -2.34. The lowest BCUT2D eigenvalue weighted by Crippen LogP contribution is -2.40. The molecule has 3 rings (SSSR count). The first kappa shape index (κ1) is 17.5. The van der Waals surface area contributed by atoms with Gasteiger partial charge >= 0.3 is 0 Å². The summed E-state index contributed by atoms with van der Waals surface area (Å²) in [6.07, 6.45) is 0.872. The molecule has 1 amide bonds. The Bertz CT molecular complexity index is 951. The van der Waals surface area contributed by atoms with Gasteiger partial charge < -0.3 is 10.1 Å². The molecule has 2 aromatic carbocycles. The van der Waals surface area contributed by atoms with Gasteiger partial charge in [-0.2, -0.15) is 0 Å². The van der Waals surface area contributed by atoms with Crippen molar-refractivity contribution < 1.29 is 17.9 Å². The van der Waals surface area contributed by atoms with E-state index < -0.39 is 14.8 Å². The van der Waals surface area contributed by atoms with Gasteiger partial charge in [0.15, 0.2) is 0 Å². The van der Waals surface area contributed by atoms with Crippen molar-refractivity contribution >= 4 is 21.9 Å². The normalized spacial score (nSPS) is 19.2. The molecule has 1 aliphatic heterocycles. The first-order valence-corrected chi connectivity index (χ1v) is 9.53. The maximum atomic E-state index is 13.1. The molecule has 0 saturated carbocycles. The van der Waals surface area contributed by atoms with Crippen LogP contribution in [0.4, 0.5) is 5.69 Å². The number of hydrogen-bond acceptors (Lipinski definition) is 4. The van der Waals surface area contributed by atoms with Gasteiger partial charge in [0, 0.05) is 17.7 Å². The molecule has 1 heterocycles. The lowest BCUT2D eigenvalue weighted by molar-refractivity contribution is -0.105. The van der Waals surface area contributed by atoms with Gasteiger partial charge in [-0.3, -0.25) is 4.79 Å². The second-order valence-electron chi connectivity index (χ2n) is 6.55. The van der Waals surface area contributed by atoms with Gasteiger partial charge in [0.25, 0.3) is 0 Å². The zero-order chi connectivity index (χ0) is 18.4. The Kier molecular flexibility index (Phi) is 4.11. The topological polar surface area (TPSA) is 72.5 Å². The summed E-state index contributed by atoms with van der Waals surface area (Å²) in [7, 11) is -3.69. The van der Waals surface area contributed by atoms with Crippen molar-refractivity contribution in [2.24, 2.45) is 0 Å². The van der Waals surface area contributed by atoms with E-state index in [-0.39, 0.29) is 11.3 Å². The van der Waals surface area contributed by atoms with Gasteiger partial charge in [-0.25, -0.2) is 8.42 Å². The summed E-state index contributed by atoms with van der Waals surface area (Å²) in [5.41, 5.74) is 4.12. The average molecular weight is 359 g/mol. The van der Waals surface area contributed by atoms with Crippen molar-refractivity contribution in [3.05, 3.63) is 52.6 Å². The standard InChI is InChI=1S/C19H21NO4S/c1-12-13(2)18-16(14(3)17(12)20-11-21)10-19(4,24-18)25(22,23)15-8-6-5-7-9-15/h5-9,11H,10H2,1-4H3,(H,20,21). The Morgan fingerprint density at radius 3 is 2.32 bits per heavy atom. The summed E-state index contributed by atoms with van der Waals surface area (Å²) in [4.78, 5) is 9.79. The number of amides is 1. The molecule has 2 aromatic rings. The van der Waals surface area contributed by atoms with E-state index >= 15 is 0 Å². The monoisotopic (exact) mass is 359 g/mol. The molecule has 0 saturated heterocycles. The first-order chi connectivity index (χ1) is 11.7. The lowest BCUT2D eigenvalue weighted by Gasteiger charge is -2.24. The van der Waals surface area contributed by atoms with Crippen LogP contribution >= 0.6 is 0 Å². The summed E-state index contributed by atoms with van der Waals surface area (Å²) in [5.74, 6) is 0.605. The van der Waals surface area contributed by atoms with E-state index in [0.717, 1.165) is 27.9 Å². The van der Waals surface area contributed by atoms with Gasteiger partial charge in [0.05, 0.1) is 4.90 Å².